The molecule has 2 aliphatic rings. The summed E-state index contributed by atoms with van der Waals surface area (Å²) < 4.78 is 10.3. The molecule has 2 bridgehead atoms. The number of piperazine rings is 1. The molecular formula is C14H22N2O5. The van der Waals surface area contributed by atoms with Crippen LogP contribution in [0.1, 0.15) is 40.5 Å². The summed E-state index contributed by atoms with van der Waals surface area (Å²) in [6.45, 7) is 7.22. The van der Waals surface area contributed by atoms with Crippen molar-refractivity contribution in [2.24, 2.45) is 0 Å². The summed E-state index contributed by atoms with van der Waals surface area (Å²) in [5, 5.41) is 2.65. The maximum Gasteiger partial charge on any atom is 0.411 e. The molecule has 0 saturated carbocycles. The molecule has 1 N–H and O–H groups in total. The highest BCUT2D eigenvalue weighted by atomic mass is 16.6. The molecule has 7 nitrogen and oxygen atoms in total. The third kappa shape index (κ3) is 3.11. The van der Waals surface area contributed by atoms with Crippen LogP contribution in [0.4, 0.5) is 4.79 Å². The Morgan fingerprint density at radius 3 is 2.57 bits per heavy atom. The molecule has 2 saturated heterocycles. The van der Waals surface area contributed by atoms with E-state index in [2.05, 4.69) is 5.32 Å². The molecule has 0 aliphatic carbocycles. The first kappa shape index (κ1) is 15.6. The van der Waals surface area contributed by atoms with Gasteiger partial charge in [0.25, 0.3) is 0 Å². The maximum absolute atomic E-state index is 12.3. The fourth-order valence-corrected chi connectivity index (χ4v) is 2.79. The fourth-order valence-electron chi connectivity index (χ4n) is 2.79. The van der Waals surface area contributed by atoms with Crippen molar-refractivity contribution >= 4 is 18.0 Å². The number of amides is 2. The molecule has 0 spiro atoms. The van der Waals surface area contributed by atoms with E-state index in [4.69, 9.17) is 9.47 Å². The van der Waals surface area contributed by atoms with Crippen LogP contribution in [0.2, 0.25) is 0 Å². The Morgan fingerprint density at radius 1 is 1.33 bits per heavy atom. The Balaban J connectivity index is 2.20. The second-order valence-electron chi connectivity index (χ2n) is 6.29. The molecule has 2 aliphatic heterocycles. The van der Waals surface area contributed by atoms with E-state index in [9.17, 15) is 14.4 Å². The Morgan fingerprint density at radius 2 is 2.00 bits per heavy atom. The second kappa shape index (κ2) is 5.54. The monoisotopic (exact) mass is 298 g/mol. The van der Waals surface area contributed by atoms with Crippen molar-refractivity contribution in [3.63, 3.8) is 0 Å². The van der Waals surface area contributed by atoms with E-state index < -0.39 is 35.8 Å². The van der Waals surface area contributed by atoms with Gasteiger partial charge in [0.2, 0.25) is 5.91 Å². The van der Waals surface area contributed by atoms with Crippen LogP contribution in [0.25, 0.3) is 0 Å². The van der Waals surface area contributed by atoms with Gasteiger partial charge in [-0.2, -0.15) is 0 Å². The molecule has 7 heteroatoms. The molecule has 2 amide bonds. The number of rotatable bonds is 2. The lowest BCUT2D eigenvalue weighted by Crippen LogP contribution is -2.65. The molecule has 3 unspecified atom stereocenters. The normalized spacial score (nSPS) is 28.1. The van der Waals surface area contributed by atoms with Gasteiger partial charge in [-0.1, -0.05) is 0 Å². The van der Waals surface area contributed by atoms with Gasteiger partial charge in [-0.3, -0.25) is 9.69 Å². The summed E-state index contributed by atoms with van der Waals surface area (Å²) in [7, 11) is 0. The maximum atomic E-state index is 12.3. The van der Waals surface area contributed by atoms with Gasteiger partial charge in [-0.25, -0.2) is 9.59 Å². The Bertz CT molecular complexity index is 457. The number of fused-ring (bicyclic) bond motifs is 2. The first-order chi connectivity index (χ1) is 9.74. The van der Waals surface area contributed by atoms with Gasteiger partial charge < -0.3 is 14.8 Å². The zero-order valence-corrected chi connectivity index (χ0v) is 12.8. The summed E-state index contributed by atoms with van der Waals surface area (Å²) in [6, 6.07) is -1.78. The highest BCUT2D eigenvalue weighted by Gasteiger charge is 2.53. The average molecular weight is 298 g/mol. The van der Waals surface area contributed by atoms with E-state index in [1.807, 2.05) is 0 Å². The Kier molecular flexibility index (Phi) is 4.11. The lowest BCUT2D eigenvalue weighted by Gasteiger charge is -2.39. The van der Waals surface area contributed by atoms with Crippen molar-refractivity contribution in [2.45, 2.75) is 64.3 Å². The van der Waals surface area contributed by atoms with Crippen molar-refractivity contribution in [1.29, 1.82) is 0 Å². The molecule has 2 fully saturated rings. The number of nitrogens with one attached hydrogen (secondary N) is 1. The lowest BCUT2D eigenvalue weighted by atomic mass is 10.1. The largest absolute Gasteiger partial charge is 0.464 e. The summed E-state index contributed by atoms with van der Waals surface area (Å²) in [5.41, 5.74) is -0.649. The number of carbonyl (C=O) groups excluding carboxylic acids is 3. The summed E-state index contributed by atoms with van der Waals surface area (Å²) in [5.74, 6) is -0.836. The minimum atomic E-state index is -0.816. The van der Waals surface area contributed by atoms with E-state index in [1.54, 1.807) is 27.7 Å². The van der Waals surface area contributed by atoms with Gasteiger partial charge in [-0.15, -0.1) is 0 Å². The minimum Gasteiger partial charge on any atom is -0.464 e. The second-order valence-corrected chi connectivity index (χ2v) is 6.29. The number of carbonyl (C=O) groups is 3. The third-order valence-corrected chi connectivity index (χ3v) is 3.56. The van der Waals surface area contributed by atoms with E-state index in [1.165, 1.54) is 4.90 Å². The predicted molar refractivity (Wildman–Crippen MR) is 73.4 cm³/mol. The highest BCUT2D eigenvalue weighted by Crippen LogP contribution is 2.32. The minimum absolute atomic E-state index is 0.230. The zero-order chi connectivity index (χ0) is 15.8. The quantitative estimate of drug-likeness (QED) is 0.763. The SMILES string of the molecule is CCOC(=O)C1NC(=O)C2CCC1N2C(=O)OC(C)(C)C. The Hall–Kier alpha value is -1.79. The number of hydrogen-bond donors (Lipinski definition) is 1. The molecule has 21 heavy (non-hydrogen) atoms. The topological polar surface area (TPSA) is 84.9 Å². The van der Waals surface area contributed by atoms with E-state index in [0.29, 0.717) is 12.8 Å². The van der Waals surface area contributed by atoms with Gasteiger partial charge in [0.1, 0.15) is 17.7 Å². The summed E-state index contributed by atoms with van der Waals surface area (Å²) in [6.07, 6.45) is 0.553. The van der Waals surface area contributed by atoms with Crippen LogP contribution in [0, 0.1) is 0 Å². The van der Waals surface area contributed by atoms with Crippen molar-refractivity contribution in [3.05, 3.63) is 0 Å². The zero-order valence-electron chi connectivity index (χ0n) is 12.8. The van der Waals surface area contributed by atoms with Gasteiger partial charge in [0.05, 0.1) is 12.6 Å². The van der Waals surface area contributed by atoms with E-state index >= 15 is 0 Å². The van der Waals surface area contributed by atoms with Gasteiger partial charge >= 0.3 is 12.1 Å². The molecule has 2 heterocycles. The first-order valence-corrected chi connectivity index (χ1v) is 7.23. The molecular weight excluding hydrogens is 276 g/mol. The van der Waals surface area contributed by atoms with Gasteiger partial charge in [-0.05, 0) is 40.5 Å². The number of esters is 1. The van der Waals surface area contributed by atoms with Crippen LogP contribution in [-0.4, -0.2) is 53.2 Å². The van der Waals surface area contributed by atoms with Crippen LogP contribution < -0.4 is 5.32 Å². The van der Waals surface area contributed by atoms with Gasteiger partial charge in [0, 0.05) is 0 Å². The Labute approximate surface area is 123 Å². The van der Waals surface area contributed by atoms with Gasteiger partial charge in [0.15, 0.2) is 0 Å². The molecule has 0 radical (unpaired) electrons. The van der Waals surface area contributed by atoms with Crippen LogP contribution in [-0.2, 0) is 19.1 Å². The highest BCUT2D eigenvalue weighted by molar-refractivity contribution is 5.93. The van der Waals surface area contributed by atoms with Crippen molar-refractivity contribution < 1.29 is 23.9 Å². The molecule has 0 aromatic carbocycles. The molecule has 3 atom stereocenters. The number of nitrogens with zero attached hydrogens (tertiary/aromatic N) is 1. The molecule has 0 aromatic heterocycles. The van der Waals surface area contributed by atoms with Crippen LogP contribution in [0.5, 0.6) is 0 Å². The summed E-state index contributed by atoms with van der Waals surface area (Å²) in [4.78, 5) is 37.8. The van der Waals surface area contributed by atoms with Crippen LogP contribution in [0.15, 0.2) is 0 Å². The smallest absolute Gasteiger partial charge is 0.411 e. The van der Waals surface area contributed by atoms with Crippen molar-refractivity contribution in [2.75, 3.05) is 6.61 Å². The standard InChI is InChI=1S/C14H22N2O5/c1-5-20-12(18)10-8-6-7-9(11(17)15-10)16(8)13(19)21-14(2,3)4/h8-10H,5-7H2,1-4H3,(H,15,17). The van der Waals surface area contributed by atoms with E-state index in [0.717, 1.165) is 0 Å². The van der Waals surface area contributed by atoms with Crippen LogP contribution in [0.3, 0.4) is 0 Å². The van der Waals surface area contributed by atoms with Crippen molar-refractivity contribution in [1.82, 2.24) is 10.2 Å². The number of ether oxygens (including phenoxy) is 2. The van der Waals surface area contributed by atoms with E-state index in [-0.39, 0.29) is 12.5 Å². The fraction of sp³-hybridized carbons (Fsp3) is 0.786. The number of hydrogen-bond acceptors (Lipinski definition) is 5. The average Bonchev–Trinajstić information content (AvgIpc) is 2.71. The lowest BCUT2D eigenvalue weighted by molar-refractivity contribution is -0.152. The predicted octanol–water partition coefficient (Wildman–Crippen LogP) is 0.816. The molecule has 0 aromatic rings. The van der Waals surface area contributed by atoms with Crippen molar-refractivity contribution in [3.8, 4) is 0 Å². The molecule has 2 rings (SSSR count). The van der Waals surface area contributed by atoms with Crippen LogP contribution >= 0.6 is 0 Å². The third-order valence-electron chi connectivity index (χ3n) is 3.56. The molecule has 118 valence electrons. The summed E-state index contributed by atoms with van der Waals surface area (Å²) >= 11 is 0. The first-order valence-electron chi connectivity index (χ1n) is 7.23.